The first-order valence-corrected chi connectivity index (χ1v) is 9.71. The lowest BCUT2D eigenvalue weighted by Gasteiger charge is -2.21. The number of rotatable bonds is 5. The molecule has 0 aliphatic carbocycles. The molecule has 0 saturated heterocycles. The molecule has 5 nitrogen and oxygen atoms in total. The molecule has 0 fully saturated rings. The number of aromatic nitrogens is 2. The maximum absolute atomic E-state index is 13.3. The Hall–Kier alpha value is -2.30. The predicted octanol–water partition coefficient (Wildman–Crippen LogP) is 3.52. The van der Waals surface area contributed by atoms with Crippen LogP contribution in [0.2, 0.25) is 0 Å². The van der Waals surface area contributed by atoms with Gasteiger partial charge in [-0.2, -0.15) is 22.0 Å². The topological polar surface area (TPSA) is 69.0 Å². The van der Waals surface area contributed by atoms with Crippen LogP contribution in [0.25, 0.3) is 11.3 Å². The van der Waals surface area contributed by atoms with Crippen LogP contribution in [0.5, 0.6) is 0 Å². The monoisotopic (exact) mass is 424 g/mol. The van der Waals surface area contributed by atoms with Crippen molar-refractivity contribution in [3.05, 3.63) is 46.0 Å². The van der Waals surface area contributed by atoms with E-state index in [1.807, 2.05) is 0 Å². The Bertz CT molecular complexity index is 1060. The summed E-state index contributed by atoms with van der Waals surface area (Å²) in [5, 5.41) is 0. The van der Waals surface area contributed by atoms with Crippen molar-refractivity contribution in [3.8, 4) is 11.3 Å². The van der Waals surface area contributed by atoms with Crippen LogP contribution in [-0.4, -0.2) is 35.8 Å². The van der Waals surface area contributed by atoms with Gasteiger partial charge < -0.3 is 0 Å². The van der Waals surface area contributed by atoms with E-state index in [1.165, 1.54) is 26.0 Å². The standard InChI is InChI=1S/C17H17F5N2O3S/c1-4-28(26,27)13-7-10(2)5-6-12(13)14-11(3)15(25)24(9-23-14)8-16(18,19)17(20,21)22/h5-7,9H,4,8H2,1-3H3. The molecule has 1 heterocycles. The van der Waals surface area contributed by atoms with E-state index in [0.29, 0.717) is 11.9 Å². The summed E-state index contributed by atoms with van der Waals surface area (Å²) in [5.74, 6) is -5.34. The first-order valence-electron chi connectivity index (χ1n) is 8.05. The minimum atomic E-state index is -5.82. The smallest absolute Gasteiger partial charge is 0.293 e. The van der Waals surface area contributed by atoms with Gasteiger partial charge in [0.25, 0.3) is 5.56 Å². The average Bonchev–Trinajstić information content (AvgIpc) is 2.58. The molecule has 0 atom stereocenters. The number of sulfone groups is 1. The highest BCUT2D eigenvalue weighted by Crippen LogP contribution is 2.36. The van der Waals surface area contributed by atoms with Gasteiger partial charge in [0.2, 0.25) is 0 Å². The lowest BCUT2D eigenvalue weighted by molar-refractivity contribution is -0.287. The number of nitrogens with zero attached hydrogens (tertiary/aromatic N) is 2. The van der Waals surface area contributed by atoms with Crippen LogP contribution in [0.15, 0.2) is 34.2 Å². The molecule has 0 amide bonds. The van der Waals surface area contributed by atoms with E-state index >= 15 is 0 Å². The second kappa shape index (κ2) is 7.26. The molecule has 154 valence electrons. The van der Waals surface area contributed by atoms with Crippen LogP contribution >= 0.6 is 0 Å². The number of alkyl halides is 5. The molecule has 11 heteroatoms. The van der Waals surface area contributed by atoms with Crippen molar-refractivity contribution in [1.29, 1.82) is 0 Å². The first kappa shape index (κ1) is 22.0. The number of aryl methyl sites for hydroxylation is 1. The van der Waals surface area contributed by atoms with Crippen molar-refractivity contribution in [2.75, 3.05) is 5.75 Å². The zero-order valence-corrected chi connectivity index (χ0v) is 16.0. The Morgan fingerprint density at radius 3 is 2.25 bits per heavy atom. The Morgan fingerprint density at radius 1 is 1.11 bits per heavy atom. The third kappa shape index (κ3) is 4.08. The highest BCUT2D eigenvalue weighted by Gasteiger charge is 2.57. The quantitative estimate of drug-likeness (QED) is 0.689. The van der Waals surface area contributed by atoms with E-state index in [2.05, 4.69) is 4.98 Å². The summed E-state index contributed by atoms with van der Waals surface area (Å²) >= 11 is 0. The predicted molar refractivity (Wildman–Crippen MR) is 92.1 cm³/mol. The van der Waals surface area contributed by atoms with Gasteiger partial charge in [0.1, 0.15) is 6.54 Å². The van der Waals surface area contributed by atoms with E-state index < -0.39 is 34.0 Å². The number of halogens is 5. The normalized spacial score (nSPS) is 13.0. The number of benzene rings is 1. The fourth-order valence-electron chi connectivity index (χ4n) is 2.52. The minimum Gasteiger partial charge on any atom is -0.293 e. The molecule has 0 aliphatic rings. The van der Waals surface area contributed by atoms with Crippen molar-refractivity contribution in [1.82, 2.24) is 9.55 Å². The van der Waals surface area contributed by atoms with Gasteiger partial charge in [-0.05, 0) is 25.5 Å². The number of hydrogen-bond donors (Lipinski definition) is 0. The summed E-state index contributed by atoms with van der Waals surface area (Å²) in [7, 11) is -3.70. The summed E-state index contributed by atoms with van der Waals surface area (Å²) in [4.78, 5) is 16.1. The third-order valence-electron chi connectivity index (χ3n) is 4.15. The molecule has 0 unspecified atom stereocenters. The van der Waals surface area contributed by atoms with E-state index in [4.69, 9.17) is 0 Å². The Morgan fingerprint density at radius 2 is 1.71 bits per heavy atom. The summed E-state index contributed by atoms with van der Waals surface area (Å²) in [5.41, 5.74) is -0.738. The zero-order chi connectivity index (χ0) is 21.5. The lowest BCUT2D eigenvalue weighted by Crippen LogP contribution is -2.43. The zero-order valence-electron chi connectivity index (χ0n) is 15.1. The molecular weight excluding hydrogens is 407 g/mol. The van der Waals surface area contributed by atoms with Gasteiger partial charge in [0, 0.05) is 11.1 Å². The minimum absolute atomic E-state index is 0.0804. The Labute approximate surface area is 157 Å². The van der Waals surface area contributed by atoms with Crippen molar-refractivity contribution in [3.63, 3.8) is 0 Å². The van der Waals surface area contributed by atoms with Crippen LogP contribution in [0.3, 0.4) is 0 Å². The first-order chi connectivity index (χ1) is 12.7. The summed E-state index contributed by atoms with van der Waals surface area (Å²) in [6, 6.07) is 4.38. The van der Waals surface area contributed by atoms with Gasteiger partial charge in [0.15, 0.2) is 9.84 Å². The Balaban J connectivity index is 2.64. The molecular formula is C17H17F5N2O3S. The average molecular weight is 424 g/mol. The molecule has 2 aromatic rings. The fraction of sp³-hybridized carbons (Fsp3) is 0.412. The number of hydrogen-bond acceptors (Lipinski definition) is 4. The summed E-state index contributed by atoms with van der Waals surface area (Å²) < 4.78 is 88.7. The van der Waals surface area contributed by atoms with Crippen LogP contribution in [-0.2, 0) is 16.4 Å². The van der Waals surface area contributed by atoms with E-state index in [-0.39, 0.29) is 32.0 Å². The second-order valence-corrected chi connectivity index (χ2v) is 8.50. The molecule has 0 radical (unpaired) electrons. The summed E-state index contributed by atoms with van der Waals surface area (Å²) in [6.45, 7) is 2.36. The van der Waals surface area contributed by atoms with Crippen LogP contribution < -0.4 is 5.56 Å². The molecule has 28 heavy (non-hydrogen) atoms. The molecule has 2 rings (SSSR count). The maximum atomic E-state index is 13.3. The second-order valence-electron chi connectivity index (χ2n) is 6.26. The van der Waals surface area contributed by atoms with E-state index in [0.717, 1.165) is 0 Å². The molecule has 0 aliphatic heterocycles. The fourth-order valence-corrected chi connectivity index (χ4v) is 3.70. The lowest BCUT2D eigenvalue weighted by atomic mass is 10.1. The van der Waals surface area contributed by atoms with Crippen molar-refractivity contribution >= 4 is 9.84 Å². The van der Waals surface area contributed by atoms with Crippen LogP contribution in [0, 0.1) is 13.8 Å². The molecule has 0 saturated carbocycles. The molecule has 0 spiro atoms. The van der Waals surface area contributed by atoms with Crippen LogP contribution in [0.1, 0.15) is 18.1 Å². The van der Waals surface area contributed by atoms with Crippen molar-refractivity contribution in [2.45, 2.75) is 44.3 Å². The van der Waals surface area contributed by atoms with Crippen LogP contribution in [0.4, 0.5) is 22.0 Å². The van der Waals surface area contributed by atoms with Gasteiger partial charge in [-0.1, -0.05) is 19.1 Å². The Kier molecular flexibility index (Phi) is 5.71. The van der Waals surface area contributed by atoms with E-state index in [9.17, 15) is 35.2 Å². The van der Waals surface area contributed by atoms with Gasteiger partial charge in [-0.25, -0.2) is 13.4 Å². The summed E-state index contributed by atoms with van der Waals surface area (Å²) in [6.07, 6.45) is -5.26. The van der Waals surface area contributed by atoms with Crippen molar-refractivity contribution in [2.24, 2.45) is 0 Å². The van der Waals surface area contributed by atoms with Crippen molar-refractivity contribution < 1.29 is 30.4 Å². The highest BCUT2D eigenvalue weighted by molar-refractivity contribution is 7.91. The molecule has 1 aromatic carbocycles. The van der Waals surface area contributed by atoms with Gasteiger partial charge in [0.05, 0.1) is 22.7 Å². The maximum Gasteiger partial charge on any atom is 0.455 e. The third-order valence-corrected chi connectivity index (χ3v) is 5.92. The highest BCUT2D eigenvalue weighted by atomic mass is 32.2. The van der Waals surface area contributed by atoms with Gasteiger partial charge >= 0.3 is 12.1 Å². The largest absolute Gasteiger partial charge is 0.455 e. The molecule has 1 aromatic heterocycles. The van der Waals surface area contributed by atoms with Gasteiger partial charge in [-0.3, -0.25) is 9.36 Å². The van der Waals surface area contributed by atoms with E-state index in [1.54, 1.807) is 13.0 Å². The molecule has 0 bridgehead atoms. The molecule has 0 N–H and O–H groups in total. The van der Waals surface area contributed by atoms with Gasteiger partial charge in [-0.15, -0.1) is 0 Å². The SMILES string of the molecule is CCS(=O)(=O)c1cc(C)ccc1-c1ncn(CC(F)(F)C(F)(F)F)c(=O)c1C.